The van der Waals surface area contributed by atoms with E-state index < -0.39 is 29.6 Å². The number of piperidine rings is 1. The van der Waals surface area contributed by atoms with Crippen LogP contribution in [0.2, 0.25) is 0 Å². The van der Waals surface area contributed by atoms with E-state index in [-0.39, 0.29) is 5.91 Å². The van der Waals surface area contributed by atoms with Gasteiger partial charge in [0.1, 0.15) is 11.8 Å². The summed E-state index contributed by atoms with van der Waals surface area (Å²) in [6, 6.07) is 18.6. The number of rotatable bonds is 9. The number of alkyl halides is 3. The maximum Gasteiger partial charge on any atom is 0.490 e. The van der Waals surface area contributed by atoms with Crippen LogP contribution in [0.3, 0.4) is 0 Å². The molecule has 2 heterocycles. The second-order valence-corrected chi connectivity index (χ2v) is 10.0. The molecule has 0 radical (unpaired) electrons. The fraction of sp³-hybridized carbons (Fsp3) is 0.367. The molecule has 1 aliphatic rings. The fourth-order valence-corrected chi connectivity index (χ4v) is 4.69. The highest BCUT2D eigenvalue weighted by atomic mass is 19.4. The quantitative estimate of drug-likeness (QED) is 0.287. The number of H-pyrrole nitrogens is 1. The van der Waals surface area contributed by atoms with Gasteiger partial charge in [-0.25, -0.2) is 14.6 Å². The molecular weight excluding hydrogens is 581 g/mol. The molecule has 1 fully saturated rings. The van der Waals surface area contributed by atoms with Gasteiger partial charge >= 0.3 is 18.2 Å². The van der Waals surface area contributed by atoms with Gasteiger partial charge in [-0.2, -0.15) is 18.4 Å². The Kier molecular flexibility index (Phi) is 11.7. The van der Waals surface area contributed by atoms with Crippen molar-refractivity contribution < 1.29 is 37.4 Å². The molecule has 14 heteroatoms. The Morgan fingerprint density at radius 3 is 2.30 bits per heavy atom. The molecule has 3 amide bonds. The van der Waals surface area contributed by atoms with E-state index in [2.05, 4.69) is 26.7 Å². The van der Waals surface area contributed by atoms with E-state index in [9.17, 15) is 28.0 Å². The molecule has 44 heavy (non-hydrogen) atoms. The highest BCUT2D eigenvalue weighted by Crippen LogP contribution is 2.35. The molecule has 4 N–H and O–H groups in total. The van der Waals surface area contributed by atoms with Gasteiger partial charge in [-0.15, -0.1) is 0 Å². The van der Waals surface area contributed by atoms with Crippen LogP contribution in [0, 0.1) is 11.3 Å². The van der Waals surface area contributed by atoms with Crippen LogP contribution >= 0.6 is 0 Å². The molecule has 0 bridgehead atoms. The number of amides is 3. The Labute approximate surface area is 252 Å². The number of carbonyl (C=O) groups is 3. The molecule has 1 unspecified atom stereocenters. The zero-order valence-electron chi connectivity index (χ0n) is 23.9. The molecule has 1 aromatic heterocycles. The van der Waals surface area contributed by atoms with Crippen LogP contribution in [-0.2, 0) is 27.8 Å². The van der Waals surface area contributed by atoms with E-state index in [1.54, 1.807) is 24.5 Å². The van der Waals surface area contributed by atoms with Crippen LogP contribution < -0.4 is 15.4 Å². The first-order chi connectivity index (χ1) is 21.0. The lowest BCUT2D eigenvalue weighted by atomic mass is 9.74. The lowest BCUT2D eigenvalue weighted by molar-refractivity contribution is -0.192. The summed E-state index contributed by atoms with van der Waals surface area (Å²) in [5.41, 5.74) is 2.19. The van der Waals surface area contributed by atoms with Gasteiger partial charge in [0.25, 0.3) is 0 Å². The fourth-order valence-electron chi connectivity index (χ4n) is 4.69. The molecule has 2 aromatic carbocycles. The zero-order valence-corrected chi connectivity index (χ0v) is 23.9. The number of nitrogens with one attached hydrogen (secondary N) is 3. The number of likely N-dealkylation sites (tertiary alicyclic amines) is 1. The minimum atomic E-state index is -5.08. The van der Waals surface area contributed by atoms with E-state index >= 15 is 0 Å². The van der Waals surface area contributed by atoms with Crippen LogP contribution in [0.15, 0.2) is 67.1 Å². The number of aliphatic carboxylic acids is 1. The van der Waals surface area contributed by atoms with E-state index in [4.69, 9.17) is 14.6 Å². The van der Waals surface area contributed by atoms with Gasteiger partial charge in [-0.1, -0.05) is 42.5 Å². The number of methoxy groups -OCH3 is 1. The van der Waals surface area contributed by atoms with E-state index in [1.807, 2.05) is 54.6 Å². The first kappa shape index (κ1) is 33.4. The molecule has 0 spiro atoms. The summed E-state index contributed by atoms with van der Waals surface area (Å²) in [7, 11) is 1.60. The van der Waals surface area contributed by atoms with Crippen molar-refractivity contribution in [3.63, 3.8) is 0 Å². The third-order valence-electron chi connectivity index (χ3n) is 7.15. The summed E-state index contributed by atoms with van der Waals surface area (Å²) < 4.78 is 37.0. The molecule has 1 saturated heterocycles. The molecule has 234 valence electrons. The monoisotopic (exact) mass is 614 g/mol. The highest BCUT2D eigenvalue weighted by molar-refractivity contribution is 5.87. The van der Waals surface area contributed by atoms with Gasteiger partial charge in [0, 0.05) is 44.4 Å². The third-order valence-corrected chi connectivity index (χ3v) is 7.15. The van der Waals surface area contributed by atoms with Crippen LogP contribution in [0.4, 0.5) is 18.0 Å². The Hall–Kier alpha value is -5.06. The van der Waals surface area contributed by atoms with Crippen molar-refractivity contribution in [2.24, 2.45) is 0 Å². The SMILES string of the molecule is COc1ccc(CC(NC(=O)NCCc2cnc[nH]2)C(=O)N2CCC(C#N)(c3ccccc3)CC2)cc1.O=C(O)C(F)(F)F. The molecule has 0 saturated carbocycles. The largest absolute Gasteiger partial charge is 0.497 e. The highest BCUT2D eigenvalue weighted by Gasteiger charge is 2.39. The van der Waals surface area contributed by atoms with Crippen molar-refractivity contribution in [3.8, 4) is 11.8 Å². The molecule has 11 nitrogen and oxygen atoms in total. The van der Waals surface area contributed by atoms with Gasteiger partial charge in [0.2, 0.25) is 5.91 Å². The number of carbonyl (C=O) groups excluding carboxylic acids is 2. The Morgan fingerprint density at radius 1 is 1.14 bits per heavy atom. The maximum atomic E-state index is 13.6. The van der Waals surface area contributed by atoms with Crippen LogP contribution in [0.1, 0.15) is 29.7 Å². The summed E-state index contributed by atoms with van der Waals surface area (Å²) in [5.74, 6) is -2.19. The number of nitriles is 1. The van der Waals surface area contributed by atoms with E-state index in [0.29, 0.717) is 45.3 Å². The van der Waals surface area contributed by atoms with E-state index in [1.165, 1.54) is 0 Å². The van der Waals surface area contributed by atoms with Crippen molar-refractivity contribution in [3.05, 3.63) is 83.9 Å². The van der Waals surface area contributed by atoms with Gasteiger partial charge in [-0.05, 0) is 36.1 Å². The number of aromatic nitrogens is 2. The number of hydrogen-bond acceptors (Lipinski definition) is 6. The van der Waals surface area contributed by atoms with Gasteiger partial charge in [0.15, 0.2) is 0 Å². The number of halogens is 3. The van der Waals surface area contributed by atoms with Crippen LogP contribution in [0.25, 0.3) is 0 Å². The van der Waals surface area contributed by atoms with Gasteiger partial charge < -0.3 is 30.4 Å². The summed E-state index contributed by atoms with van der Waals surface area (Å²) in [6.07, 6.45) is 0.260. The molecule has 1 atom stereocenters. The van der Waals surface area contributed by atoms with Crippen molar-refractivity contribution in [2.45, 2.75) is 43.3 Å². The van der Waals surface area contributed by atoms with Crippen LogP contribution in [-0.4, -0.2) is 76.8 Å². The number of nitrogens with zero attached hydrogens (tertiary/aromatic N) is 3. The molecule has 0 aliphatic carbocycles. The number of ether oxygens (including phenoxy) is 1. The number of urea groups is 1. The van der Waals surface area contributed by atoms with Crippen molar-refractivity contribution >= 4 is 17.9 Å². The average molecular weight is 615 g/mol. The summed E-state index contributed by atoms with van der Waals surface area (Å²) in [4.78, 5) is 44.0. The number of aromatic amines is 1. The number of carboxylic acids is 1. The predicted octanol–water partition coefficient (Wildman–Crippen LogP) is 3.59. The van der Waals surface area contributed by atoms with Crippen LogP contribution in [0.5, 0.6) is 5.75 Å². The normalized spacial score (nSPS) is 14.7. The Bertz CT molecular complexity index is 1400. The average Bonchev–Trinajstić information content (AvgIpc) is 3.55. The molecule has 1 aliphatic heterocycles. The number of carboxylic acid groups (broad SMARTS) is 1. The smallest absolute Gasteiger partial charge is 0.490 e. The first-order valence-corrected chi connectivity index (χ1v) is 13.7. The second kappa shape index (κ2) is 15.4. The predicted molar refractivity (Wildman–Crippen MR) is 153 cm³/mol. The maximum absolute atomic E-state index is 13.6. The second-order valence-electron chi connectivity index (χ2n) is 10.0. The molecule has 4 rings (SSSR count). The number of benzene rings is 2. The topological polar surface area (TPSA) is 160 Å². The van der Waals surface area contributed by atoms with E-state index in [0.717, 1.165) is 22.6 Å². The number of hydrogen-bond donors (Lipinski definition) is 4. The van der Waals surface area contributed by atoms with Crippen molar-refractivity contribution in [2.75, 3.05) is 26.7 Å². The lowest BCUT2D eigenvalue weighted by Crippen LogP contribution is -2.55. The Morgan fingerprint density at radius 2 is 1.77 bits per heavy atom. The lowest BCUT2D eigenvalue weighted by Gasteiger charge is -2.39. The van der Waals surface area contributed by atoms with Crippen molar-refractivity contribution in [1.82, 2.24) is 25.5 Å². The van der Waals surface area contributed by atoms with Gasteiger partial charge in [0.05, 0.1) is 24.9 Å². The standard InChI is InChI=1S/C28H32N6O3.C2HF3O2/c1-37-24-9-7-21(8-10-24)17-25(33-27(36)31-14-11-23-18-30-20-32-23)26(35)34-15-12-28(19-29,13-16-34)22-5-3-2-4-6-22;3-2(4,5)1(6)7/h2-10,18,20,25H,11-17H2,1H3,(H,30,32)(H2,31,33,36);(H,6,7). The Balaban J connectivity index is 0.000000676. The summed E-state index contributed by atoms with van der Waals surface area (Å²) in [5, 5.41) is 22.8. The molecular formula is C30H33F3N6O5. The summed E-state index contributed by atoms with van der Waals surface area (Å²) in [6.45, 7) is 1.30. The zero-order chi connectivity index (χ0) is 32.2. The summed E-state index contributed by atoms with van der Waals surface area (Å²) >= 11 is 0. The molecule has 3 aromatic rings. The third kappa shape index (κ3) is 9.48. The van der Waals surface area contributed by atoms with Gasteiger partial charge in [-0.3, -0.25) is 4.79 Å². The minimum Gasteiger partial charge on any atom is -0.497 e. The first-order valence-electron chi connectivity index (χ1n) is 13.7. The van der Waals surface area contributed by atoms with Crippen molar-refractivity contribution in [1.29, 1.82) is 5.26 Å². The minimum absolute atomic E-state index is 0.154. The number of imidazole rings is 1.